The van der Waals surface area contributed by atoms with Crippen molar-refractivity contribution in [2.24, 2.45) is 0 Å². The second kappa shape index (κ2) is 65.9. The van der Waals surface area contributed by atoms with Gasteiger partial charge in [0.15, 0.2) is 12.2 Å². The molecule has 0 fully saturated rings. The summed E-state index contributed by atoms with van der Waals surface area (Å²) in [5, 5.41) is 10.6. The Morgan fingerprint density at radius 2 is 0.554 bits per heavy atom. The molecule has 0 aliphatic heterocycles. The van der Waals surface area contributed by atoms with Gasteiger partial charge in [-0.2, -0.15) is 0 Å². The Labute approximate surface area is 557 Å². The Balaban J connectivity index is 5.35. The molecule has 5 atom stereocenters. The van der Waals surface area contributed by atoms with Crippen molar-refractivity contribution in [3.05, 3.63) is 85.1 Å². The van der Waals surface area contributed by atoms with Crippen LogP contribution in [0, 0.1) is 0 Å². The predicted molar refractivity (Wildman–Crippen MR) is 372 cm³/mol. The Morgan fingerprint density at radius 3 is 0.859 bits per heavy atom. The number of carbonyl (C=O) groups is 4. The molecule has 0 aromatic heterocycles. The molecule has 0 aliphatic rings. The minimum absolute atomic E-state index is 0.0760. The average molecular weight is 1340 g/mol. The monoisotopic (exact) mass is 1340 g/mol. The molecular formula is C73H128O17P2. The number of unbranched alkanes of at least 4 members (excludes halogenated alkanes) is 27. The van der Waals surface area contributed by atoms with Crippen LogP contribution in [0.3, 0.4) is 0 Å². The van der Waals surface area contributed by atoms with Crippen LogP contribution in [-0.4, -0.2) is 96.7 Å². The molecule has 0 heterocycles. The number of hydrogen-bond donors (Lipinski definition) is 3. The van der Waals surface area contributed by atoms with E-state index in [1.54, 1.807) is 0 Å². The number of allylic oxidation sites excluding steroid dienone is 14. The van der Waals surface area contributed by atoms with Crippen LogP contribution in [0.15, 0.2) is 85.1 Å². The van der Waals surface area contributed by atoms with E-state index in [-0.39, 0.29) is 25.7 Å². The first-order chi connectivity index (χ1) is 44.7. The van der Waals surface area contributed by atoms with E-state index in [2.05, 4.69) is 113 Å². The van der Waals surface area contributed by atoms with Gasteiger partial charge in [0.2, 0.25) is 0 Å². The van der Waals surface area contributed by atoms with E-state index < -0.39 is 97.5 Å². The summed E-state index contributed by atoms with van der Waals surface area (Å²) >= 11 is 0. The molecule has 19 heteroatoms. The second-order valence-corrected chi connectivity index (χ2v) is 26.7. The van der Waals surface area contributed by atoms with Gasteiger partial charge in [0.25, 0.3) is 0 Å². The fourth-order valence-electron chi connectivity index (χ4n) is 9.27. The maximum Gasteiger partial charge on any atom is 0.472 e. The first-order valence-electron chi connectivity index (χ1n) is 35.8. The largest absolute Gasteiger partial charge is 0.472 e. The molecule has 0 aromatic rings. The van der Waals surface area contributed by atoms with Gasteiger partial charge in [-0.25, -0.2) is 9.13 Å². The summed E-state index contributed by atoms with van der Waals surface area (Å²) in [6.45, 7) is 4.60. The van der Waals surface area contributed by atoms with Crippen LogP contribution in [0.2, 0.25) is 0 Å². The van der Waals surface area contributed by atoms with Gasteiger partial charge in [0.1, 0.15) is 19.3 Å². The van der Waals surface area contributed by atoms with Gasteiger partial charge in [-0.1, -0.05) is 228 Å². The number of phosphoric acid groups is 2. The van der Waals surface area contributed by atoms with Crippen molar-refractivity contribution in [2.45, 2.75) is 316 Å². The van der Waals surface area contributed by atoms with Crippen molar-refractivity contribution >= 4 is 39.5 Å². The molecule has 532 valence electrons. The maximum absolute atomic E-state index is 13.0. The Morgan fingerprint density at radius 1 is 0.304 bits per heavy atom. The molecule has 0 radical (unpaired) electrons. The summed E-state index contributed by atoms with van der Waals surface area (Å²) in [6, 6.07) is 0. The number of carbonyl (C=O) groups excluding carboxylic acids is 4. The van der Waals surface area contributed by atoms with Crippen molar-refractivity contribution in [3.63, 3.8) is 0 Å². The van der Waals surface area contributed by atoms with E-state index in [4.69, 9.17) is 37.0 Å². The van der Waals surface area contributed by atoms with Gasteiger partial charge in [-0.05, 0) is 128 Å². The van der Waals surface area contributed by atoms with Crippen LogP contribution >= 0.6 is 15.6 Å². The van der Waals surface area contributed by atoms with Crippen LogP contribution in [0.5, 0.6) is 0 Å². The molecule has 92 heavy (non-hydrogen) atoms. The summed E-state index contributed by atoms with van der Waals surface area (Å²) in [7, 11) is -9.94. The lowest BCUT2D eigenvalue weighted by atomic mass is 10.1. The Hall–Kier alpha value is -3.76. The second-order valence-electron chi connectivity index (χ2n) is 23.8. The van der Waals surface area contributed by atoms with Crippen molar-refractivity contribution in [1.29, 1.82) is 0 Å². The van der Waals surface area contributed by atoms with E-state index in [9.17, 15) is 43.2 Å². The van der Waals surface area contributed by atoms with Gasteiger partial charge >= 0.3 is 39.5 Å². The number of esters is 4. The number of aliphatic hydroxyl groups excluding tert-OH is 1. The molecule has 17 nitrogen and oxygen atoms in total. The van der Waals surface area contributed by atoms with Gasteiger partial charge in [0.05, 0.1) is 26.4 Å². The molecule has 0 amide bonds. The van der Waals surface area contributed by atoms with Crippen LogP contribution < -0.4 is 0 Å². The minimum Gasteiger partial charge on any atom is -0.462 e. The van der Waals surface area contributed by atoms with Gasteiger partial charge in [0, 0.05) is 25.7 Å². The third-order valence-electron chi connectivity index (χ3n) is 14.7. The molecule has 0 rings (SSSR count). The van der Waals surface area contributed by atoms with E-state index in [0.29, 0.717) is 25.7 Å². The lowest BCUT2D eigenvalue weighted by Crippen LogP contribution is -2.30. The summed E-state index contributed by atoms with van der Waals surface area (Å²) in [4.78, 5) is 72.6. The molecular weight excluding hydrogens is 1210 g/mol. The highest BCUT2D eigenvalue weighted by Gasteiger charge is 2.30. The molecule has 3 N–H and O–H groups in total. The van der Waals surface area contributed by atoms with Gasteiger partial charge in [-0.15, -0.1) is 0 Å². The average Bonchev–Trinajstić information content (AvgIpc) is 3.63. The molecule has 0 aliphatic carbocycles. The first kappa shape index (κ1) is 88.2. The maximum atomic E-state index is 13.0. The van der Waals surface area contributed by atoms with Crippen LogP contribution in [-0.2, 0) is 65.4 Å². The molecule has 0 saturated carbocycles. The van der Waals surface area contributed by atoms with E-state index >= 15 is 0 Å². The van der Waals surface area contributed by atoms with Crippen molar-refractivity contribution < 1.29 is 80.2 Å². The van der Waals surface area contributed by atoms with Gasteiger partial charge in [-0.3, -0.25) is 37.3 Å². The Kier molecular flexibility index (Phi) is 63.2. The summed E-state index contributed by atoms with van der Waals surface area (Å²) in [5.74, 6) is -2.22. The third kappa shape index (κ3) is 64.9. The van der Waals surface area contributed by atoms with Crippen molar-refractivity contribution in [1.82, 2.24) is 0 Å². The predicted octanol–water partition coefficient (Wildman–Crippen LogP) is 19.9. The van der Waals surface area contributed by atoms with Crippen LogP contribution in [0.4, 0.5) is 0 Å². The standard InChI is InChI=1S/C73H128O17P2/c1-5-9-13-17-21-25-29-33-37-41-45-49-53-57-70(75)83-63-68(89-72(77)59-55-51-47-43-39-35-31-27-23-19-15-11-7-3)65-87-91(79,80)85-61-67(74)62-86-92(81,82)88-66-69(90-73(78)60-56-52-48-44-40-36-32-28-24-20-16-12-8-4)64-84-71(76)58-54-50-46-42-38-34-30-26-22-18-14-10-6-2/h13-15,17-19,25-32,67-69,74H,5-12,16,20-24,33-66H2,1-4H3,(H,79,80)(H,81,82)/b17-13-,18-14-,19-15-,29-25-,30-26-,31-27-,32-28-. The molecule has 5 unspecified atom stereocenters. The lowest BCUT2D eigenvalue weighted by Gasteiger charge is -2.21. The Bertz CT molecular complexity index is 2090. The molecule has 0 aromatic carbocycles. The van der Waals surface area contributed by atoms with Gasteiger partial charge < -0.3 is 33.8 Å². The highest BCUT2D eigenvalue weighted by Crippen LogP contribution is 2.45. The fraction of sp³-hybridized carbons (Fsp3) is 0.753. The number of rotatable bonds is 67. The minimum atomic E-state index is -4.97. The topological polar surface area (TPSA) is 237 Å². The SMILES string of the molecule is CCC/C=C\C/C=C\CCCCCCCC(=O)OCC(COP(=O)(O)OCC(O)COP(=O)(O)OCC(COC(=O)CCCCCCC/C=C\C/C=C\CCC)OC(=O)CCCCCCC/C=C\CCCCCC)OC(=O)CCCCCCC/C=C\C/C=C\CCC. The number of ether oxygens (including phenoxy) is 4. The summed E-state index contributed by atoms with van der Waals surface area (Å²) in [5.41, 5.74) is 0. The number of phosphoric ester groups is 2. The van der Waals surface area contributed by atoms with Crippen LogP contribution in [0.1, 0.15) is 297 Å². The van der Waals surface area contributed by atoms with E-state index in [1.165, 1.54) is 25.7 Å². The third-order valence-corrected chi connectivity index (χ3v) is 16.6. The fourth-order valence-corrected chi connectivity index (χ4v) is 10.8. The number of hydrogen-bond acceptors (Lipinski definition) is 15. The zero-order chi connectivity index (χ0) is 67.5. The molecule has 0 spiro atoms. The van der Waals surface area contributed by atoms with Crippen molar-refractivity contribution in [3.8, 4) is 0 Å². The van der Waals surface area contributed by atoms with E-state index in [1.807, 2.05) is 0 Å². The zero-order valence-electron chi connectivity index (χ0n) is 57.7. The highest BCUT2D eigenvalue weighted by atomic mass is 31.2. The molecule has 0 bridgehead atoms. The highest BCUT2D eigenvalue weighted by molar-refractivity contribution is 7.47. The quantitative estimate of drug-likeness (QED) is 0.0169. The normalized spacial score (nSPS) is 14.6. The van der Waals surface area contributed by atoms with Crippen LogP contribution in [0.25, 0.3) is 0 Å². The lowest BCUT2D eigenvalue weighted by molar-refractivity contribution is -0.161. The number of aliphatic hydroxyl groups is 1. The summed E-state index contributed by atoms with van der Waals surface area (Å²) < 4.78 is 68.2. The van der Waals surface area contributed by atoms with E-state index in [0.717, 1.165) is 193 Å². The smallest absolute Gasteiger partial charge is 0.462 e. The first-order valence-corrected chi connectivity index (χ1v) is 38.8. The molecule has 0 saturated heterocycles. The summed E-state index contributed by atoms with van der Waals surface area (Å²) in [6.07, 6.45) is 64.5. The zero-order valence-corrected chi connectivity index (χ0v) is 59.5. The van der Waals surface area contributed by atoms with Crippen molar-refractivity contribution in [2.75, 3.05) is 39.6 Å².